The number of rotatable bonds is 6. The standard InChI is InChI=1S/C21H20N4O5S/c1-12-3-4-13(2)16(9-12)24-31(27,28)15-7-8-17-18(10-15)29-21(26)25(17)11-19-22-20(30-23-19)14-5-6-14/h3-4,7-10,14,24H,5-6,11H2,1-2H3. The smallest absolute Gasteiger partial charge is 0.408 e. The Bertz CT molecular complexity index is 1460. The Morgan fingerprint density at radius 3 is 2.74 bits per heavy atom. The van der Waals surface area contributed by atoms with Crippen LogP contribution in [0.5, 0.6) is 0 Å². The molecule has 0 spiro atoms. The number of aryl methyl sites for hydroxylation is 2. The molecule has 1 aliphatic rings. The molecule has 0 unspecified atom stereocenters. The van der Waals surface area contributed by atoms with Crippen molar-refractivity contribution in [2.75, 3.05) is 4.72 Å². The summed E-state index contributed by atoms with van der Waals surface area (Å²) < 4.78 is 40.3. The van der Waals surface area contributed by atoms with Gasteiger partial charge >= 0.3 is 5.76 Å². The molecule has 5 rings (SSSR count). The van der Waals surface area contributed by atoms with Gasteiger partial charge in [0.2, 0.25) is 5.89 Å². The summed E-state index contributed by atoms with van der Waals surface area (Å²) in [5.41, 5.74) is 2.86. The number of hydrogen-bond acceptors (Lipinski definition) is 7. The molecule has 0 amide bonds. The van der Waals surface area contributed by atoms with E-state index in [2.05, 4.69) is 14.9 Å². The molecule has 1 saturated carbocycles. The number of sulfonamides is 1. The van der Waals surface area contributed by atoms with Gasteiger partial charge < -0.3 is 8.94 Å². The van der Waals surface area contributed by atoms with Crippen LogP contribution in [-0.4, -0.2) is 23.1 Å². The number of aromatic nitrogens is 3. The van der Waals surface area contributed by atoms with Crippen LogP contribution >= 0.6 is 0 Å². The first kappa shape index (κ1) is 19.6. The molecule has 1 aliphatic carbocycles. The lowest BCUT2D eigenvalue weighted by Crippen LogP contribution is -2.16. The van der Waals surface area contributed by atoms with Crippen LogP contribution in [0.15, 0.2) is 55.0 Å². The normalized spacial score (nSPS) is 14.3. The van der Waals surface area contributed by atoms with E-state index in [4.69, 9.17) is 8.94 Å². The van der Waals surface area contributed by atoms with Crippen LogP contribution in [0.4, 0.5) is 5.69 Å². The molecule has 0 radical (unpaired) electrons. The molecular formula is C21H20N4O5S. The third kappa shape index (κ3) is 3.74. The van der Waals surface area contributed by atoms with Crippen molar-refractivity contribution in [1.29, 1.82) is 0 Å². The predicted octanol–water partition coefficient (Wildman–Crippen LogP) is 3.32. The first-order valence-electron chi connectivity index (χ1n) is 9.86. The van der Waals surface area contributed by atoms with Crippen LogP contribution < -0.4 is 10.5 Å². The first-order valence-corrected chi connectivity index (χ1v) is 11.3. The van der Waals surface area contributed by atoms with Gasteiger partial charge in [0.1, 0.15) is 0 Å². The zero-order valence-electron chi connectivity index (χ0n) is 17.0. The topological polar surface area (TPSA) is 120 Å². The van der Waals surface area contributed by atoms with E-state index in [1.54, 1.807) is 12.1 Å². The van der Waals surface area contributed by atoms with Gasteiger partial charge in [0.25, 0.3) is 10.0 Å². The summed E-state index contributed by atoms with van der Waals surface area (Å²) >= 11 is 0. The van der Waals surface area contributed by atoms with E-state index in [0.29, 0.717) is 28.8 Å². The van der Waals surface area contributed by atoms with Crippen molar-refractivity contribution in [3.63, 3.8) is 0 Å². The Labute approximate surface area is 177 Å². The third-order valence-electron chi connectivity index (χ3n) is 5.30. The van der Waals surface area contributed by atoms with Crippen LogP contribution in [0.1, 0.15) is 41.6 Å². The van der Waals surface area contributed by atoms with Gasteiger partial charge in [0, 0.05) is 12.0 Å². The maximum Gasteiger partial charge on any atom is 0.420 e. The second-order valence-electron chi connectivity index (χ2n) is 7.83. The molecule has 10 heteroatoms. The van der Waals surface area contributed by atoms with Crippen LogP contribution in [0, 0.1) is 13.8 Å². The van der Waals surface area contributed by atoms with Crippen LogP contribution in [-0.2, 0) is 16.6 Å². The van der Waals surface area contributed by atoms with Gasteiger partial charge in [-0.2, -0.15) is 4.98 Å². The molecule has 2 heterocycles. The summed E-state index contributed by atoms with van der Waals surface area (Å²) in [6, 6.07) is 9.85. The molecule has 4 aromatic rings. The lowest BCUT2D eigenvalue weighted by atomic mass is 10.1. The lowest BCUT2D eigenvalue weighted by molar-refractivity contribution is 0.372. The molecule has 160 valence electrons. The molecule has 9 nitrogen and oxygen atoms in total. The number of benzene rings is 2. The van der Waals surface area contributed by atoms with E-state index in [1.807, 2.05) is 26.0 Å². The van der Waals surface area contributed by atoms with Crippen LogP contribution in [0.3, 0.4) is 0 Å². The van der Waals surface area contributed by atoms with Gasteiger partial charge in [0.15, 0.2) is 11.4 Å². The Hall–Kier alpha value is -3.40. The largest absolute Gasteiger partial charge is 0.420 e. The SMILES string of the molecule is Cc1ccc(C)c(NS(=O)(=O)c2ccc3c(c2)oc(=O)n3Cc2noc(C3CC3)n2)c1. The number of hydrogen-bond donors (Lipinski definition) is 1. The van der Waals surface area contributed by atoms with Crippen LogP contribution in [0.2, 0.25) is 0 Å². The molecule has 0 aliphatic heterocycles. The van der Waals surface area contributed by atoms with Crippen molar-refractivity contribution < 1.29 is 17.4 Å². The molecule has 31 heavy (non-hydrogen) atoms. The second kappa shape index (κ2) is 7.09. The maximum atomic E-state index is 12.9. The van der Waals surface area contributed by atoms with Gasteiger partial charge in [-0.15, -0.1) is 0 Å². The summed E-state index contributed by atoms with van der Waals surface area (Å²) in [4.78, 5) is 16.7. The minimum atomic E-state index is -3.87. The predicted molar refractivity (Wildman–Crippen MR) is 113 cm³/mol. The molecule has 2 aromatic carbocycles. The first-order chi connectivity index (χ1) is 14.8. The van der Waals surface area contributed by atoms with E-state index in [0.717, 1.165) is 24.0 Å². The zero-order chi connectivity index (χ0) is 21.8. The number of oxazole rings is 1. The Morgan fingerprint density at radius 2 is 1.97 bits per heavy atom. The molecule has 0 atom stereocenters. The molecule has 0 saturated heterocycles. The van der Waals surface area contributed by atoms with Crippen molar-refractivity contribution in [2.24, 2.45) is 0 Å². The summed E-state index contributed by atoms with van der Waals surface area (Å²) in [5, 5.41) is 3.93. The summed E-state index contributed by atoms with van der Waals surface area (Å²) in [6.45, 7) is 3.79. The number of nitrogens with one attached hydrogen (secondary N) is 1. The van der Waals surface area contributed by atoms with Gasteiger partial charge in [0.05, 0.1) is 22.6 Å². The highest BCUT2D eigenvalue weighted by Gasteiger charge is 2.30. The van der Waals surface area contributed by atoms with E-state index in [9.17, 15) is 13.2 Å². The Kier molecular flexibility index (Phi) is 4.47. The van der Waals surface area contributed by atoms with Gasteiger partial charge in [-0.3, -0.25) is 9.29 Å². The van der Waals surface area contributed by atoms with Crippen molar-refractivity contribution >= 4 is 26.8 Å². The number of anilines is 1. The maximum absolute atomic E-state index is 12.9. The summed E-state index contributed by atoms with van der Waals surface area (Å²) in [7, 11) is -3.87. The van der Waals surface area contributed by atoms with Crippen molar-refractivity contribution in [3.05, 3.63) is 69.8 Å². The van der Waals surface area contributed by atoms with Crippen molar-refractivity contribution in [1.82, 2.24) is 14.7 Å². The van der Waals surface area contributed by atoms with Crippen LogP contribution in [0.25, 0.3) is 11.1 Å². The fourth-order valence-corrected chi connectivity index (χ4v) is 4.52. The third-order valence-corrected chi connectivity index (χ3v) is 6.66. The highest BCUT2D eigenvalue weighted by atomic mass is 32.2. The Balaban J connectivity index is 1.46. The number of fused-ring (bicyclic) bond motifs is 1. The second-order valence-corrected chi connectivity index (χ2v) is 9.51. The highest BCUT2D eigenvalue weighted by Crippen LogP contribution is 2.38. The average Bonchev–Trinajstić information content (AvgIpc) is 3.39. The summed E-state index contributed by atoms with van der Waals surface area (Å²) in [5.74, 6) is 0.655. The molecular weight excluding hydrogens is 420 g/mol. The molecule has 2 aromatic heterocycles. The highest BCUT2D eigenvalue weighted by molar-refractivity contribution is 7.92. The van der Waals surface area contributed by atoms with E-state index >= 15 is 0 Å². The minimum Gasteiger partial charge on any atom is -0.408 e. The molecule has 1 fully saturated rings. The lowest BCUT2D eigenvalue weighted by Gasteiger charge is -2.11. The number of nitrogens with zero attached hydrogens (tertiary/aromatic N) is 3. The minimum absolute atomic E-state index is 0.00242. The molecule has 0 bridgehead atoms. The van der Waals surface area contributed by atoms with Gasteiger partial charge in [-0.25, -0.2) is 13.2 Å². The average molecular weight is 440 g/mol. The van der Waals surface area contributed by atoms with Crippen molar-refractivity contribution in [2.45, 2.75) is 44.0 Å². The monoisotopic (exact) mass is 440 g/mol. The van der Waals surface area contributed by atoms with Crippen molar-refractivity contribution in [3.8, 4) is 0 Å². The van der Waals surface area contributed by atoms with E-state index in [1.165, 1.54) is 16.7 Å². The quantitative estimate of drug-likeness (QED) is 0.488. The molecule has 1 N–H and O–H groups in total. The zero-order valence-corrected chi connectivity index (χ0v) is 17.8. The Morgan fingerprint density at radius 1 is 1.16 bits per heavy atom. The van der Waals surface area contributed by atoms with E-state index < -0.39 is 15.8 Å². The van der Waals surface area contributed by atoms with Gasteiger partial charge in [-0.1, -0.05) is 17.3 Å². The summed E-state index contributed by atoms with van der Waals surface area (Å²) in [6.07, 6.45) is 2.06. The van der Waals surface area contributed by atoms with Gasteiger partial charge in [-0.05, 0) is 56.0 Å². The van der Waals surface area contributed by atoms with E-state index in [-0.39, 0.29) is 17.0 Å². The fourth-order valence-electron chi connectivity index (χ4n) is 3.38. The fraction of sp³-hybridized carbons (Fsp3) is 0.286.